The fourth-order valence-corrected chi connectivity index (χ4v) is 1.40. The van der Waals surface area contributed by atoms with E-state index < -0.39 is 0 Å². The number of fused-ring (bicyclic) bond motifs is 1. The standard InChI is InChI=1S/C8H6INO3/c9-10-8(11)5-1-2-6-7(3-5)13-4-12-6/h1-3H,4H2,(H,10,11). The molecule has 0 aliphatic carbocycles. The van der Waals surface area contributed by atoms with Crippen molar-refractivity contribution in [1.82, 2.24) is 3.53 Å². The Morgan fingerprint density at radius 3 is 2.92 bits per heavy atom. The molecule has 1 amide bonds. The molecule has 5 heteroatoms. The van der Waals surface area contributed by atoms with Crippen LogP contribution < -0.4 is 13.0 Å². The summed E-state index contributed by atoms with van der Waals surface area (Å²) >= 11 is 1.79. The maximum Gasteiger partial charge on any atom is 0.260 e. The van der Waals surface area contributed by atoms with Crippen molar-refractivity contribution in [3.05, 3.63) is 23.8 Å². The number of carbonyl (C=O) groups excluding carboxylic acids is 1. The van der Waals surface area contributed by atoms with Crippen LogP contribution in [0.3, 0.4) is 0 Å². The summed E-state index contributed by atoms with van der Waals surface area (Å²) in [7, 11) is 0. The lowest BCUT2D eigenvalue weighted by Crippen LogP contribution is -2.11. The first-order chi connectivity index (χ1) is 6.31. The van der Waals surface area contributed by atoms with Crippen LogP contribution in [0.5, 0.6) is 11.5 Å². The van der Waals surface area contributed by atoms with Gasteiger partial charge < -0.3 is 9.47 Å². The number of hydrogen-bond acceptors (Lipinski definition) is 3. The highest BCUT2D eigenvalue weighted by Gasteiger charge is 2.15. The van der Waals surface area contributed by atoms with Gasteiger partial charge in [-0.25, -0.2) is 0 Å². The lowest BCUT2D eigenvalue weighted by Gasteiger charge is -1.99. The quantitative estimate of drug-likeness (QED) is 0.630. The average molecular weight is 291 g/mol. The van der Waals surface area contributed by atoms with E-state index >= 15 is 0 Å². The minimum absolute atomic E-state index is 0.140. The monoisotopic (exact) mass is 291 g/mol. The molecule has 0 radical (unpaired) electrons. The smallest absolute Gasteiger partial charge is 0.260 e. The van der Waals surface area contributed by atoms with Gasteiger partial charge in [0.15, 0.2) is 11.5 Å². The molecule has 0 unspecified atom stereocenters. The highest BCUT2D eigenvalue weighted by Crippen LogP contribution is 2.32. The Balaban J connectivity index is 2.36. The number of halogens is 1. The molecule has 4 nitrogen and oxygen atoms in total. The second-order valence-corrected chi connectivity index (χ2v) is 3.03. The zero-order chi connectivity index (χ0) is 9.26. The van der Waals surface area contributed by atoms with Crippen molar-refractivity contribution in [3.63, 3.8) is 0 Å². The number of carbonyl (C=O) groups is 1. The van der Waals surface area contributed by atoms with Gasteiger partial charge in [0.25, 0.3) is 5.91 Å². The van der Waals surface area contributed by atoms with Crippen molar-refractivity contribution >= 4 is 28.8 Å². The van der Waals surface area contributed by atoms with Crippen LogP contribution in [0.15, 0.2) is 18.2 Å². The normalized spacial score (nSPS) is 12.7. The van der Waals surface area contributed by atoms with E-state index in [1.807, 2.05) is 0 Å². The van der Waals surface area contributed by atoms with Crippen molar-refractivity contribution in [2.45, 2.75) is 0 Å². The maximum atomic E-state index is 11.2. The van der Waals surface area contributed by atoms with Crippen LogP contribution in [0.1, 0.15) is 10.4 Å². The molecule has 0 spiro atoms. The van der Waals surface area contributed by atoms with Gasteiger partial charge in [-0.3, -0.25) is 8.32 Å². The molecule has 0 aromatic heterocycles. The largest absolute Gasteiger partial charge is 0.454 e. The summed E-state index contributed by atoms with van der Waals surface area (Å²) in [6.45, 7) is 0.227. The summed E-state index contributed by atoms with van der Waals surface area (Å²) in [5, 5.41) is 0. The third-order valence-electron chi connectivity index (χ3n) is 1.72. The number of rotatable bonds is 1. The van der Waals surface area contributed by atoms with Gasteiger partial charge in [-0.15, -0.1) is 0 Å². The second kappa shape index (κ2) is 3.41. The van der Waals surface area contributed by atoms with Crippen molar-refractivity contribution in [1.29, 1.82) is 0 Å². The van der Waals surface area contributed by atoms with Crippen LogP contribution >= 0.6 is 22.9 Å². The predicted molar refractivity (Wildman–Crippen MR) is 54.1 cm³/mol. The van der Waals surface area contributed by atoms with Crippen LogP contribution in [-0.4, -0.2) is 12.7 Å². The van der Waals surface area contributed by atoms with Crippen molar-refractivity contribution in [2.24, 2.45) is 0 Å². The topological polar surface area (TPSA) is 47.6 Å². The van der Waals surface area contributed by atoms with Crippen LogP contribution in [-0.2, 0) is 0 Å². The first-order valence-electron chi connectivity index (χ1n) is 3.62. The predicted octanol–water partition coefficient (Wildman–Crippen LogP) is 1.50. The lowest BCUT2D eigenvalue weighted by atomic mass is 10.2. The van der Waals surface area contributed by atoms with E-state index in [9.17, 15) is 4.79 Å². The summed E-state index contributed by atoms with van der Waals surface area (Å²) in [5.41, 5.74) is 0.568. The van der Waals surface area contributed by atoms with Gasteiger partial charge in [0.2, 0.25) is 6.79 Å². The molecule has 0 saturated carbocycles. The van der Waals surface area contributed by atoms with E-state index in [2.05, 4.69) is 3.53 Å². The van der Waals surface area contributed by atoms with E-state index in [0.29, 0.717) is 17.1 Å². The van der Waals surface area contributed by atoms with E-state index in [0.717, 1.165) is 0 Å². The molecule has 1 aromatic rings. The third kappa shape index (κ3) is 1.55. The first kappa shape index (κ1) is 8.61. The minimum atomic E-state index is -0.140. The fourth-order valence-electron chi connectivity index (χ4n) is 1.09. The zero-order valence-corrected chi connectivity index (χ0v) is 8.70. The molecule has 68 valence electrons. The Bertz CT molecular complexity index is 353. The SMILES string of the molecule is O=C(NI)c1ccc2c(c1)OCO2. The Morgan fingerprint density at radius 1 is 1.38 bits per heavy atom. The van der Waals surface area contributed by atoms with E-state index in [1.165, 1.54) is 0 Å². The highest BCUT2D eigenvalue weighted by atomic mass is 127. The van der Waals surface area contributed by atoms with Crippen molar-refractivity contribution in [3.8, 4) is 11.5 Å². The van der Waals surface area contributed by atoms with Gasteiger partial charge in [0.05, 0.1) is 22.9 Å². The average Bonchev–Trinajstić information content (AvgIpc) is 2.63. The van der Waals surface area contributed by atoms with E-state index in [4.69, 9.17) is 9.47 Å². The van der Waals surface area contributed by atoms with Gasteiger partial charge >= 0.3 is 0 Å². The molecule has 1 aliphatic rings. The molecule has 1 N–H and O–H groups in total. The van der Waals surface area contributed by atoms with Gasteiger partial charge in [-0.2, -0.15) is 0 Å². The molecule has 0 atom stereocenters. The molecule has 2 rings (SSSR count). The van der Waals surface area contributed by atoms with Gasteiger partial charge in [0.1, 0.15) is 0 Å². The number of amides is 1. The number of benzene rings is 1. The second-order valence-electron chi connectivity index (χ2n) is 2.49. The first-order valence-corrected chi connectivity index (χ1v) is 4.70. The third-order valence-corrected chi connectivity index (χ3v) is 2.21. The van der Waals surface area contributed by atoms with Gasteiger partial charge in [-0.1, -0.05) is 0 Å². The molecule has 1 heterocycles. The zero-order valence-electron chi connectivity index (χ0n) is 6.54. The van der Waals surface area contributed by atoms with Gasteiger partial charge in [0, 0.05) is 5.56 Å². The Kier molecular flexibility index (Phi) is 2.26. The van der Waals surface area contributed by atoms with Crippen molar-refractivity contribution < 1.29 is 14.3 Å². The lowest BCUT2D eigenvalue weighted by molar-refractivity contribution is 0.0989. The van der Waals surface area contributed by atoms with Crippen LogP contribution in [0.25, 0.3) is 0 Å². The summed E-state index contributed by atoms with van der Waals surface area (Å²) < 4.78 is 12.7. The Morgan fingerprint density at radius 2 is 2.15 bits per heavy atom. The summed E-state index contributed by atoms with van der Waals surface area (Å²) in [6.07, 6.45) is 0. The van der Waals surface area contributed by atoms with E-state index in [1.54, 1.807) is 41.1 Å². The molecule has 0 saturated heterocycles. The minimum Gasteiger partial charge on any atom is -0.454 e. The molecular formula is C8H6INO3. The summed E-state index contributed by atoms with van der Waals surface area (Å²) in [5.74, 6) is 1.17. The fraction of sp³-hybridized carbons (Fsp3) is 0.125. The Labute approximate surface area is 88.7 Å². The van der Waals surface area contributed by atoms with Crippen LogP contribution in [0.4, 0.5) is 0 Å². The molecule has 0 fully saturated rings. The number of nitrogens with one attached hydrogen (secondary N) is 1. The van der Waals surface area contributed by atoms with Crippen molar-refractivity contribution in [2.75, 3.05) is 6.79 Å². The highest BCUT2D eigenvalue weighted by molar-refractivity contribution is 14.1. The summed E-state index contributed by atoms with van der Waals surface area (Å²) in [4.78, 5) is 11.2. The van der Waals surface area contributed by atoms with Gasteiger partial charge in [-0.05, 0) is 18.2 Å². The molecule has 0 bridgehead atoms. The maximum absolute atomic E-state index is 11.2. The Hall–Kier alpha value is -0.980. The van der Waals surface area contributed by atoms with Crippen LogP contribution in [0, 0.1) is 0 Å². The molecular weight excluding hydrogens is 285 g/mol. The number of ether oxygens (including phenoxy) is 2. The molecule has 1 aliphatic heterocycles. The number of hydrogen-bond donors (Lipinski definition) is 1. The molecule has 1 aromatic carbocycles. The summed E-state index contributed by atoms with van der Waals surface area (Å²) in [6, 6.07) is 5.08. The molecule has 13 heavy (non-hydrogen) atoms. The van der Waals surface area contributed by atoms with Crippen LogP contribution in [0.2, 0.25) is 0 Å². The van der Waals surface area contributed by atoms with E-state index in [-0.39, 0.29) is 12.7 Å².